The van der Waals surface area contributed by atoms with Crippen LogP contribution in [0.25, 0.3) is 5.76 Å². The van der Waals surface area contributed by atoms with Crippen LogP contribution in [0.15, 0.2) is 50.1 Å². The highest BCUT2D eigenvalue weighted by Crippen LogP contribution is 2.57. The molecule has 1 aromatic rings. The van der Waals surface area contributed by atoms with Crippen molar-refractivity contribution in [2.24, 2.45) is 84.1 Å². The lowest BCUT2D eigenvalue weighted by Crippen LogP contribution is -2.70. The molecule has 48 N–H and O–H groups in total. The van der Waals surface area contributed by atoms with Crippen molar-refractivity contribution >= 4 is 70.9 Å². The Hall–Kier alpha value is -9.37. The number of aromatic hydroxyl groups is 1. The average Bonchev–Trinajstić information content (AvgIpc) is 0.773. The largest absolute Gasteiger partial charge is 0.508 e. The minimum Gasteiger partial charge on any atom is -0.508 e. The molecule has 4 aliphatic heterocycles. The number of ether oxygens (including phenoxy) is 8. The highest BCUT2D eigenvalue weighted by atomic mass is 16.8. The zero-order valence-corrected chi connectivity index (χ0v) is 73.1. The van der Waals surface area contributed by atoms with E-state index in [1.54, 1.807) is 7.05 Å². The maximum atomic E-state index is 13.7. The lowest BCUT2D eigenvalue weighted by molar-refractivity contribution is -0.327. The van der Waals surface area contributed by atoms with Gasteiger partial charge in [0.15, 0.2) is 60.4 Å². The minimum atomic E-state index is -2.79. The summed E-state index contributed by atoms with van der Waals surface area (Å²) in [4.78, 5) is 95.1. The van der Waals surface area contributed by atoms with Gasteiger partial charge in [0.2, 0.25) is 11.7 Å². The number of amides is 2. The number of carbonyl (C=O) groups is 7. The Labute approximate surface area is 762 Å². The molecule has 4 heterocycles. The predicted octanol–water partition coefficient (Wildman–Crippen LogP) is -18.6. The summed E-state index contributed by atoms with van der Waals surface area (Å²) in [6.07, 6.45) is -36.9. The highest BCUT2D eigenvalue weighted by molar-refractivity contribution is 6.24. The van der Waals surface area contributed by atoms with Gasteiger partial charge < -0.3 is 234 Å². The quantitative estimate of drug-likeness (QED) is 0.0176. The number of nitrogens with two attached hydrogens (primary N) is 10. The number of aliphatic imine (C=N–C) groups is 3. The van der Waals surface area contributed by atoms with Crippen LogP contribution in [0.2, 0.25) is 0 Å². The van der Waals surface area contributed by atoms with E-state index in [1.807, 2.05) is 0 Å². The summed E-state index contributed by atoms with van der Waals surface area (Å²) in [5.74, 6) is -14.3. The van der Waals surface area contributed by atoms with Crippen LogP contribution in [0, 0.1) is 17.2 Å². The number of phenols is 1. The minimum absolute atomic E-state index is 0.0107. The third kappa shape index (κ3) is 23.9. The van der Waals surface area contributed by atoms with E-state index in [-0.39, 0.29) is 82.5 Å². The van der Waals surface area contributed by atoms with Crippen LogP contribution in [0.3, 0.4) is 0 Å². The summed E-state index contributed by atoms with van der Waals surface area (Å²) in [6.45, 7) is 1.20. The fourth-order valence-electron chi connectivity index (χ4n) is 17.5. The van der Waals surface area contributed by atoms with Gasteiger partial charge in [-0.3, -0.25) is 48.8 Å². The summed E-state index contributed by atoms with van der Waals surface area (Å²) < 4.78 is 47.3. The van der Waals surface area contributed by atoms with Crippen LogP contribution in [0.5, 0.6) is 5.75 Å². The number of hydrogen-bond donors (Lipinski definition) is 38. The molecule has 760 valence electrons. The van der Waals surface area contributed by atoms with Gasteiger partial charge in [-0.25, -0.2) is 15.0 Å². The summed E-state index contributed by atoms with van der Waals surface area (Å²) in [5.41, 5.74) is 44.3. The molecule has 4 saturated heterocycles. The first kappa shape index (κ1) is 112. The van der Waals surface area contributed by atoms with Gasteiger partial charge in [-0.2, -0.15) is 0 Å². The number of benzene rings is 1. The van der Waals surface area contributed by atoms with Crippen LogP contribution in [0.4, 0.5) is 0 Å². The molecular formula is C76H127N19O39. The number of hydrogen-bond acceptors (Lipinski definition) is 45. The number of rotatable bonds is 33. The molecule has 58 nitrogen and oxygen atoms in total. The first-order valence-electron chi connectivity index (χ1n) is 41.8. The molecule has 3 saturated carbocycles. The van der Waals surface area contributed by atoms with E-state index in [2.05, 4.69) is 30.9 Å². The molecule has 5 aliphatic carbocycles. The molecule has 12 unspecified atom stereocenters. The van der Waals surface area contributed by atoms with Gasteiger partial charge in [-0.1, -0.05) is 12.1 Å². The molecule has 9 aliphatic rings. The van der Waals surface area contributed by atoms with E-state index in [0.717, 1.165) is 0 Å². The van der Waals surface area contributed by atoms with E-state index in [0.29, 0.717) is 0 Å². The van der Waals surface area contributed by atoms with Crippen molar-refractivity contribution in [3.8, 4) is 5.75 Å². The summed E-state index contributed by atoms with van der Waals surface area (Å²) in [5, 5.41) is 267. The van der Waals surface area contributed by atoms with E-state index in [9.17, 15) is 141 Å². The van der Waals surface area contributed by atoms with Crippen LogP contribution >= 0.6 is 0 Å². The van der Waals surface area contributed by atoms with Crippen LogP contribution < -0.4 is 73.3 Å². The highest BCUT2D eigenvalue weighted by Gasteiger charge is 2.68. The first-order valence-corrected chi connectivity index (χ1v) is 41.8. The second kappa shape index (κ2) is 46.7. The number of carbonyl (C=O) groups excluding carboxylic acids is 4. The molecule has 0 radical (unpaired) electrons. The van der Waals surface area contributed by atoms with Gasteiger partial charge in [-0.15, -0.1) is 0 Å². The monoisotopic (exact) mass is 1930 g/mol. The summed E-state index contributed by atoms with van der Waals surface area (Å²) in [7, 11) is 3.04. The smallest absolute Gasteiger partial charge is 0.303 e. The van der Waals surface area contributed by atoms with Crippen LogP contribution in [-0.4, -0.2) is 471 Å². The van der Waals surface area contributed by atoms with E-state index < -0.39 is 332 Å². The number of carboxylic acids is 3. The third-order valence-corrected chi connectivity index (χ3v) is 24.7. The van der Waals surface area contributed by atoms with Crippen molar-refractivity contribution in [2.75, 3.05) is 79.8 Å². The molecule has 7 fully saturated rings. The summed E-state index contributed by atoms with van der Waals surface area (Å²) in [6, 6.07) is -5.44. The molecular weight excluding hydrogens is 1800 g/mol. The van der Waals surface area contributed by atoms with Crippen molar-refractivity contribution in [3.63, 3.8) is 0 Å². The Kier molecular flexibility index (Phi) is 38.9. The summed E-state index contributed by atoms with van der Waals surface area (Å²) >= 11 is 0. The Balaban J connectivity index is 0.000000267. The Morgan fingerprint density at radius 2 is 1.01 bits per heavy atom. The number of guanidine groups is 4. The lowest BCUT2D eigenvalue weighted by atomic mass is 9.54. The number of aliphatic hydroxyl groups excluding tert-OH is 16. The number of fused-ring (bicyclic) bond motifs is 3. The molecule has 134 heavy (non-hydrogen) atoms. The van der Waals surface area contributed by atoms with Crippen molar-refractivity contribution < 1.29 is 194 Å². The average molecular weight is 1930 g/mol. The normalized spacial score (nSPS) is 38.3. The Morgan fingerprint density at radius 3 is 1.44 bits per heavy atom. The zero-order chi connectivity index (χ0) is 101. The van der Waals surface area contributed by atoms with Gasteiger partial charge in [0.05, 0.1) is 93.2 Å². The van der Waals surface area contributed by atoms with E-state index >= 15 is 0 Å². The first-order chi connectivity index (χ1) is 62.5. The van der Waals surface area contributed by atoms with Gasteiger partial charge in [0.1, 0.15) is 150 Å². The van der Waals surface area contributed by atoms with Crippen molar-refractivity contribution in [2.45, 2.75) is 253 Å². The third-order valence-electron chi connectivity index (χ3n) is 24.7. The van der Waals surface area contributed by atoms with Crippen LogP contribution in [0.1, 0.15) is 64.0 Å². The maximum Gasteiger partial charge on any atom is 0.303 e. The lowest BCUT2D eigenvalue weighted by Gasteiger charge is -2.52. The molecule has 1 aromatic carbocycles. The number of aliphatic carboxylic acids is 3. The van der Waals surface area contributed by atoms with Crippen molar-refractivity contribution in [1.82, 2.24) is 25.8 Å². The number of ketones is 2. The SMILES string of the molecule is C[C@@H]1O[C@@H](O[C@@H]2C(O)[C@@H](O)C(N=C(N)N)C(O)[C@@H]2N=C(N)N)C(O[C@@H]2OC(CO)[C@H](O)[C@H](O)C2N(C)CCNC(=O)CCC(=O)O)[C@]1(O)CO.C[C@@H]1O[C@@H](O[C@@H]2C(O)[C@@H](O)C(N=C(N)N)C(O)[C@@H]2NC(=N)N)C(O[C@@H]2OC(CO)[C@H](O)[C@H](O)C2N(C)CCN)[C@]1(O)CO.C[C@@]1(O)c2cccc(O)c2C(O)=C2C(=O)[C@]3(O)C(O)=C(C(N)=O)C(=O)[C@@H](NCCN)[C@@H]3C[C@@H]21.O=C(O)CCC(=O)O. The van der Waals surface area contributed by atoms with Gasteiger partial charge in [0, 0.05) is 63.1 Å². The molecule has 0 bridgehead atoms. The number of aliphatic hydroxyl groups is 20. The Morgan fingerprint density at radius 1 is 0.560 bits per heavy atom. The van der Waals surface area contributed by atoms with Gasteiger partial charge in [0.25, 0.3) is 5.91 Å². The van der Waals surface area contributed by atoms with Crippen molar-refractivity contribution in [1.29, 1.82) is 5.41 Å². The number of nitrogens with zero attached hydrogens (tertiary/aromatic N) is 5. The molecule has 10 rings (SSSR count). The number of carboxylic acid groups (broad SMARTS) is 3. The topological polar surface area (TPSA) is 1040 Å². The number of Topliss-reactive ketones (excluding diaryl/α,β-unsaturated/α-hetero) is 2. The second-order valence-corrected chi connectivity index (χ2v) is 33.5. The molecule has 0 spiro atoms. The second-order valence-electron chi connectivity index (χ2n) is 33.5. The van der Waals surface area contributed by atoms with Gasteiger partial charge in [-0.05, 0) is 52.9 Å². The maximum absolute atomic E-state index is 13.7. The molecule has 58 heteroatoms. The van der Waals surface area contributed by atoms with E-state index in [4.69, 9.17) is 116 Å². The fourth-order valence-corrected chi connectivity index (χ4v) is 17.5. The van der Waals surface area contributed by atoms with Crippen molar-refractivity contribution in [3.05, 3.63) is 46.2 Å². The molecule has 0 aromatic heterocycles. The zero-order valence-electron chi connectivity index (χ0n) is 73.1. The number of primary amides is 1. The molecule has 35 atom stereocenters. The van der Waals surface area contributed by atoms with Crippen LogP contribution in [-0.2, 0) is 77.1 Å². The standard InChI is InChI=1S/C27H50N8O15.C23H46N8O12.C22H25N3O8.C4H6O4/c1-9-27(46,8-37)22(24(47-9)49-21-14(34-26(30)31)17(42)13(33-25(28)29)18(43)20(21)45)50-23-15(19(44)16(41)10(7-36)48-23)35(2)6-5-32-11(38)3-4-12(39)40;1-7-23(39,6-33)18(43-19-11(31(2)4-3-24)15(37)12(34)8(5-32)41-19)20(40-7)42-17-10(30-22(27)28)13(35)9(29-21(25)26)14(36)16(17)38;1-21(32)8-3-2-4-11(26)12(8)16(27)13-9(21)7-10-15(25-6-5-23)17(28)14(20(24)31)19(30)22(10,33)18(13)29;5-3(6)1-2-4(7)8/h9-10,13-24,36-37,41-46H,3-8H2,1-2H3,(H,32,38)(H,39,40)(H4,28,29,33)(H4,30,31,34);7-20,32-39H,3-6,24H2,1-2H3,(H4,25,26,29)(H4,27,28,30);2-4,9-10,15,25-27,30,32-33H,5-7,23H2,1H3,(H2,24,31);1-2H2,(H,5,6)(H,7,8)/t9-,10?,13?,14-,15?,16-,17?,18-,19+,20?,21-,22?,23-,24-,27-;7-,8?,9?,10-,11?,12-,13?,14-,15+,16?,17-,18?,19-,20-,23-;9-,10-,15-,21+,22-;/m000./s1. The predicted molar refractivity (Wildman–Crippen MR) is 451 cm³/mol. The number of phenolic OH excluding ortho intramolecular Hbond substituents is 1. The Bertz CT molecular complexity index is 4390. The molecule has 2 amide bonds. The number of nitrogens with one attached hydrogen (secondary N) is 4. The van der Waals surface area contributed by atoms with Gasteiger partial charge >= 0.3 is 17.9 Å². The van der Waals surface area contributed by atoms with E-state index in [1.165, 1.54) is 55.8 Å². The number of likely N-dealkylation sites (N-methyl/N-ethyl adjacent to an activating group) is 2. The fraction of sp³-hybridized carbons (Fsp3) is 0.724.